The molecule has 0 bridgehead atoms. The Labute approximate surface area is 129 Å². The minimum absolute atomic E-state index is 0.155. The molecule has 1 heterocycles. The van der Waals surface area contributed by atoms with E-state index in [-0.39, 0.29) is 5.91 Å². The van der Waals surface area contributed by atoms with E-state index in [1.165, 1.54) is 6.08 Å². The minimum Gasteiger partial charge on any atom is -0.348 e. The molecular formula is C16H18ClN3O. The lowest BCUT2D eigenvalue weighted by Crippen LogP contribution is -2.20. The molecule has 2 rings (SSSR count). The number of nitrogens with zero attached hydrogens (tertiary/aromatic N) is 2. The number of amides is 1. The number of rotatable bonds is 4. The van der Waals surface area contributed by atoms with Crippen LogP contribution >= 0.6 is 11.6 Å². The van der Waals surface area contributed by atoms with Gasteiger partial charge in [-0.15, -0.1) is 0 Å². The summed E-state index contributed by atoms with van der Waals surface area (Å²) in [6.45, 7) is 4.31. The van der Waals surface area contributed by atoms with Crippen molar-refractivity contribution in [3.8, 4) is 0 Å². The number of aromatic nitrogens is 2. The summed E-state index contributed by atoms with van der Waals surface area (Å²) in [6.07, 6.45) is 3.31. The zero-order valence-corrected chi connectivity index (χ0v) is 13.1. The molecule has 0 aliphatic heterocycles. The second-order valence-corrected chi connectivity index (χ2v) is 5.26. The van der Waals surface area contributed by atoms with E-state index >= 15 is 0 Å². The second kappa shape index (κ2) is 6.59. The molecule has 0 atom stereocenters. The number of carbonyl (C=O) groups excluding carboxylic acids is 1. The fraction of sp³-hybridized carbons (Fsp3) is 0.250. The van der Waals surface area contributed by atoms with E-state index in [2.05, 4.69) is 10.4 Å². The molecule has 1 N–H and O–H groups in total. The van der Waals surface area contributed by atoms with Crippen LogP contribution in [-0.4, -0.2) is 15.7 Å². The van der Waals surface area contributed by atoms with Gasteiger partial charge in [0.2, 0.25) is 5.91 Å². The van der Waals surface area contributed by atoms with E-state index < -0.39 is 0 Å². The summed E-state index contributed by atoms with van der Waals surface area (Å²) >= 11 is 6.04. The third kappa shape index (κ3) is 3.73. The summed E-state index contributed by atoms with van der Waals surface area (Å²) in [6, 6.07) is 7.45. The predicted molar refractivity (Wildman–Crippen MR) is 85.0 cm³/mol. The molecule has 0 saturated heterocycles. The third-order valence-electron chi connectivity index (χ3n) is 3.38. The van der Waals surface area contributed by atoms with E-state index in [0.29, 0.717) is 11.6 Å². The van der Waals surface area contributed by atoms with Crippen LogP contribution in [0.1, 0.15) is 22.5 Å². The largest absolute Gasteiger partial charge is 0.348 e. The van der Waals surface area contributed by atoms with Gasteiger partial charge in [0.1, 0.15) is 0 Å². The van der Waals surface area contributed by atoms with Crippen LogP contribution in [0.5, 0.6) is 0 Å². The number of hydrogen-bond donors (Lipinski definition) is 1. The maximum Gasteiger partial charge on any atom is 0.244 e. The first-order chi connectivity index (χ1) is 9.99. The van der Waals surface area contributed by atoms with Crippen molar-refractivity contribution in [3.63, 3.8) is 0 Å². The highest BCUT2D eigenvalue weighted by atomic mass is 35.5. The number of aryl methyl sites for hydroxylation is 2. The summed E-state index contributed by atoms with van der Waals surface area (Å²) in [4.78, 5) is 11.9. The zero-order valence-electron chi connectivity index (χ0n) is 12.4. The van der Waals surface area contributed by atoms with Gasteiger partial charge in [-0.25, -0.2) is 0 Å². The number of hydrogen-bond acceptors (Lipinski definition) is 2. The Morgan fingerprint density at radius 3 is 2.71 bits per heavy atom. The molecular weight excluding hydrogens is 286 g/mol. The maximum absolute atomic E-state index is 11.9. The van der Waals surface area contributed by atoms with Crippen LogP contribution in [0.15, 0.2) is 30.3 Å². The van der Waals surface area contributed by atoms with E-state index in [4.69, 9.17) is 11.6 Å². The number of nitrogens with one attached hydrogen (secondary N) is 1. The fourth-order valence-electron chi connectivity index (χ4n) is 2.07. The number of halogens is 1. The summed E-state index contributed by atoms with van der Waals surface area (Å²) in [5, 5.41) is 7.78. The summed E-state index contributed by atoms with van der Waals surface area (Å²) in [5.41, 5.74) is 3.81. The van der Waals surface area contributed by atoms with Crippen LogP contribution in [0.4, 0.5) is 0 Å². The molecule has 0 unspecified atom stereocenters. The first-order valence-corrected chi connectivity index (χ1v) is 7.06. The van der Waals surface area contributed by atoms with E-state index in [1.807, 2.05) is 39.1 Å². The molecule has 0 aliphatic rings. The van der Waals surface area contributed by atoms with Crippen molar-refractivity contribution < 1.29 is 4.79 Å². The molecule has 4 nitrogen and oxygen atoms in total. The van der Waals surface area contributed by atoms with Crippen molar-refractivity contribution in [2.24, 2.45) is 7.05 Å². The Morgan fingerprint density at radius 2 is 2.10 bits per heavy atom. The molecule has 1 aromatic heterocycles. The van der Waals surface area contributed by atoms with Crippen LogP contribution in [0.2, 0.25) is 5.02 Å². The van der Waals surface area contributed by atoms with Gasteiger partial charge in [-0.1, -0.05) is 29.8 Å². The normalized spacial score (nSPS) is 11.0. The Hall–Kier alpha value is -2.07. The molecule has 0 spiro atoms. The Kier molecular flexibility index (Phi) is 4.81. The molecule has 0 saturated carbocycles. The quantitative estimate of drug-likeness (QED) is 0.883. The Balaban J connectivity index is 1.99. The van der Waals surface area contributed by atoms with Gasteiger partial charge in [0, 0.05) is 35.9 Å². The van der Waals surface area contributed by atoms with Gasteiger partial charge in [-0.2, -0.15) is 5.10 Å². The van der Waals surface area contributed by atoms with Gasteiger partial charge < -0.3 is 5.32 Å². The van der Waals surface area contributed by atoms with Gasteiger partial charge in [-0.05, 0) is 31.6 Å². The Bertz CT molecular complexity index is 689. The monoisotopic (exact) mass is 303 g/mol. The molecule has 1 amide bonds. The summed E-state index contributed by atoms with van der Waals surface area (Å²) < 4.78 is 1.80. The highest BCUT2D eigenvalue weighted by molar-refractivity contribution is 6.31. The molecule has 0 radical (unpaired) electrons. The molecule has 21 heavy (non-hydrogen) atoms. The highest BCUT2D eigenvalue weighted by Crippen LogP contribution is 2.15. The predicted octanol–water partition coefficient (Wildman–Crippen LogP) is 3.02. The van der Waals surface area contributed by atoms with Crippen molar-refractivity contribution >= 4 is 23.6 Å². The molecule has 0 fully saturated rings. The van der Waals surface area contributed by atoms with Crippen LogP contribution < -0.4 is 5.32 Å². The van der Waals surface area contributed by atoms with Crippen molar-refractivity contribution in [2.75, 3.05) is 0 Å². The van der Waals surface area contributed by atoms with E-state index in [1.54, 1.807) is 16.8 Å². The minimum atomic E-state index is -0.155. The van der Waals surface area contributed by atoms with Gasteiger partial charge in [0.15, 0.2) is 0 Å². The van der Waals surface area contributed by atoms with Gasteiger partial charge in [0.25, 0.3) is 0 Å². The first-order valence-electron chi connectivity index (χ1n) is 6.68. The lowest BCUT2D eigenvalue weighted by atomic mass is 10.2. The van der Waals surface area contributed by atoms with E-state index in [9.17, 15) is 4.79 Å². The van der Waals surface area contributed by atoms with Crippen molar-refractivity contribution in [2.45, 2.75) is 20.4 Å². The standard InChI is InChI=1S/C16H18ClN3O/c1-11-14(12(2)20(3)19-11)8-9-16(21)18-10-13-6-4-5-7-15(13)17/h4-9H,10H2,1-3H3,(H,18,21)/b9-8+. The molecule has 2 aromatic rings. The van der Waals surface area contributed by atoms with Crippen LogP contribution in [0.3, 0.4) is 0 Å². The van der Waals surface area contributed by atoms with Gasteiger partial charge in [0.05, 0.1) is 5.69 Å². The number of carbonyl (C=O) groups is 1. The maximum atomic E-state index is 11.9. The summed E-state index contributed by atoms with van der Waals surface area (Å²) in [7, 11) is 1.89. The van der Waals surface area contributed by atoms with Gasteiger partial charge >= 0.3 is 0 Å². The molecule has 110 valence electrons. The van der Waals surface area contributed by atoms with Crippen molar-refractivity contribution in [1.29, 1.82) is 0 Å². The molecule has 5 heteroatoms. The average Bonchev–Trinajstić information content (AvgIpc) is 2.69. The van der Waals surface area contributed by atoms with Crippen molar-refractivity contribution in [3.05, 3.63) is 57.9 Å². The van der Waals surface area contributed by atoms with Crippen LogP contribution in [0.25, 0.3) is 6.08 Å². The van der Waals surface area contributed by atoms with Crippen LogP contribution in [0, 0.1) is 13.8 Å². The highest BCUT2D eigenvalue weighted by Gasteiger charge is 2.06. The van der Waals surface area contributed by atoms with Crippen molar-refractivity contribution in [1.82, 2.24) is 15.1 Å². The summed E-state index contributed by atoms with van der Waals surface area (Å²) in [5.74, 6) is -0.155. The Morgan fingerprint density at radius 1 is 1.38 bits per heavy atom. The topological polar surface area (TPSA) is 46.9 Å². The second-order valence-electron chi connectivity index (χ2n) is 4.85. The third-order valence-corrected chi connectivity index (χ3v) is 3.75. The first kappa shape index (κ1) is 15.3. The van der Waals surface area contributed by atoms with Gasteiger partial charge in [-0.3, -0.25) is 9.48 Å². The zero-order chi connectivity index (χ0) is 15.4. The lowest BCUT2D eigenvalue weighted by Gasteiger charge is -2.04. The SMILES string of the molecule is Cc1nn(C)c(C)c1/C=C/C(=O)NCc1ccccc1Cl. The lowest BCUT2D eigenvalue weighted by molar-refractivity contribution is -0.116. The van der Waals surface area contributed by atoms with Crippen LogP contribution in [-0.2, 0) is 18.4 Å². The van der Waals surface area contributed by atoms with E-state index in [0.717, 1.165) is 22.5 Å². The number of benzene rings is 1. The fourth-order valence-corrected chi connectivity index (χ4v) is 2.28. The average molecular weight is 304 g/mol. The smallest absolute Gasteiger partial charge is 0.244 e. The molecule has 1 aromatic carbocycles. The molecule has 0 aliphatic carbocycles.